The molecule has 23 heavy (non-hydrogen) atoms. The van der Waals surface area contributed by atoms with E-state index in [1.165, 1.54) is 31.4 Å². The van der Waals surface area contributed by atoms with Crippen LogP contribution >= 0.6 is 11.6 Å². The molecule has 0 atom stereocenters. The summed E-state index contributed by atoms with van der Waals surface area (Å²) in [7, 11) is 1.33. The van der Waals surface area contributed by atoms with Crippen molar-refractivity contribution in [3.05, 3.63) is 58.4 Å². The number of rotatable bonds is 3. The molecule has 0 fully saturated rings. The number of carbonyl (C=O) groups is 2. The zero-order chi connectivity index (χ0) is 17.0. The minimum Gasteiger partial charge on any atom is -0.507 e. The molecule has 120 valence electrons. The first-order valence-electron chi connectivity index (χ1n) is 6.35. The molecule has 6 nitrogen and oxygen atoms in total. The first-order chi connectivity index (χ1) is 10.9. The van der Waals surface area contributed by atoms with Crippen molar-refractivity contribution in [3.8, 4) is 11.5 Å². The number of phenolic OH excluding ortho intramolecular Hbond substituents is 1. The number of carbonyl (C=O) groups excluding carboxylic acids is 2. The molecule has 2 rings (SSSR count). The van der Waals surface area contributed by atoms with Gasteiger partial charge in [-0.3, -0.25) is 20.4 Å². The number of hydrogen-bond donors (Lipinski definition) is 3. The Hall–Kier alpha value is -2.80. The second-order valence-corrected chi connectivity index (χ2v) is 4.85. The molecule has 0 unspecified atom stereocenters. The molecule has 0 bridgehead atoms. The molecule has 0 radical (unpaired) electrons. The molecule has 3 N–H and O–H groups in total. The minimum absolute atomic E-state index is 0.0943. The maximum absolute atomic E-state index is 13.2. The van der Waals surface area contributed by atoms with E-state index in [4.69, 9.17) is 16.3 Å². The first-order valence-corrected chi connectivity index (χ1v) is 6.73. The summed E-state index contributed by atoms with van der Waals surface area (Å²) in [6, 6.07) is 7.28. The lowest BCUT2D eigenvalue weighted by molar-refractivity contribution is 0.0843. The van der Waals surface area contributed by atoms with Gasteiger partial charge in [0.15, 0.2) is 0 Å². The van der Waals surface area contributed by atoms with Gasteiger partial charge in [-0.05, 0) is 36.4 Å². The van der Waals surface area contributed by atoms with E-state index in [1.54, 1.807) is 0 Å². The summed E-state index contributed by atoms with van der Waals surface area (Å²) in [5, 5.41) is 9.85. The van der Waals surface area contributed by atoms with E-state index in [-0.39, 0.29) is 27.6 Å². The molecular weight excluding hydrogens is 327 g/mol. The predicted molar refractivity (Wildman–Crippen MR) is 81.0 cm³/mol. The number of phenols is 1. The van der Waals surface area contributed by atoms with Gasteiger partial charge in [-0.25, -0.2) is 4.39 Å². The Balaban J connectivity index is 2.11. The topological polar surface area (TPSA) is 87.7 Å². The Morgan fingerprint density at radius 3 is 2.39 bits per heavy atom. The SMILES string of the molecule is COc1ccc(F)cc1C(=O)NNC(=O)c1cc(Cl)ccc1O. The van der Waals surface area contributed by atoms with Gasteiger partial charge >= 0.3 is 0 Å². The summed E-state index contributed by atoms with van der Waals surface area (Å²) in [6.45, 7) is 0. The van der Waals surface area contributed by atoms with Crippen molar-refractivity contribution in [2.75, 3.05) is 7.11 Å². The van der Waals surface area contributed by atoms with Crippen LogP contribution in [0.1, 0.15) is 20.7 Å². The molecule has 2 amide bonds. The fraction of sp³-hybridized carbons (Fsp3) is 0.0667. The Bertz CT molecular complexity index is 767. The quantitative estimate of drug-likeness (QED) is 0.749. The van der Waals surface area contributed by atoms with Gasteiger partial charge in [0.2, 0.25) is 0 Å². The van der Waals surface area contributed by atoms with Crippen molar-refractivity contribution in [2.45, 2.75) is 0 Å². The van der Waals surface area contributed by atoms with Gasteiger partial charge in [0.25, 0.3) is 11.8 Å². The molecule has 0 heterocycles. The van der Waals surface area contributed by atoms with Crippen LogP contribution in [0.3, 0.4) is 0 Å². The van der Waals surface area contributed by atoms with Crippen molar-refractivity contribution in [1.29, 1.82) is 0 Å². The van der Waals surface area contributed by atoms with Gasteiger partial charge in [0.05, 0.1) is 18.2 Å². The minimum atomic E-state index is -0.784. The van der Waals surface area contributed by atoms with E-state index < -0.39 is 17.6 Å². The summed E-state index contributed by atoms with van der Waals surface area (Å²) < 4.78 is 18.2. The molecule has 0 aliphatic rings. The third kappa shape index (κ3) is 3.89. The normalized spacial score (nSPS) is 10.0. The lowest BCUT2D eigenvalue weighted by atomic mass is 10.2. The van der Waals surface area contributed by atoms with Crippen LogP contribution in [0.5, 0.6) is 11.5 Å². The van der Waals surface area contributed by atoms with Crippen LogP contribution in [-0.4, -0.2) is 24.0 Å². The monoisotopic (exact) mass is 338 g/mol. The number of ether oxygens (including phenoxy) is 1. The number of methoxy groups -OCH3 is 1. The highest BCUT2D eigenvalue weighted by Gasteiger charge is 2.16. The summed E-state index contributed by atoms with van der Waals surface area (Å²) in [5.74, 6) is -2.35. The van der Waals surface area contributed by atoms with E-state index >= 15 is 0 Å². The van der Waals surface area contributed by atoms with E-state index in [0.717, 1.165) is 12.1 Å². The average Bonchev–Trinajstić information content (AvgIpc) is 2.54. The van der Waals surface area contributed by atoms with E-state index in [0.29, 0.717) is 0 Å². The number of hydrogen-bond acceptors (Lipinski definition) is 4. The average molecular weight is 339 g/mol. The molecule has 0 saturated carbocycles. The Kier molecular flexibility index (Phi) is 5.02. The fourth-order valence-corrected chi connectivity index (χ4v) is 1.97. The molecular formula is C15H12ClFN2O4. The predicted octanol–water partition coefficient (Wildman–Crippen LogP) is 2.27. The first kappa shape index (κ1) is 16.6. The molecule has 2 aromatic carbocycles. The molecule has 8 heteroatoms. The maximum Gasteiger partial charge on any atom is 0.273 e. The molecule has 2 aromatic rings. The third-order valence-corrected chi connectivity index (χ3v) is 3.13. The van der Waals surface area contributed by atoms with Gasteiger partial charge in [-0.1, -0.05) is 11.6 Å². The number of nitrogens with one attached hydrogen (secondary N) is 2. The van der Waals surface area contributed by atoms with E-state index in [1.807, 2.05) is 0 Å². The largest absolute Gasteiger partial charge is 0.507 e. The van der Waals surface area contributed by atoms with Gasteiger partial charge in [-0.15, -0.1) is 0 Å². The second kappa shape index (κ2) is 6.97. The highest BCUT2D eigenvalue weighted by molar-refractivity contribution is 6.31. The third-order valence-electron chi connectivity index (χ3n) is 2.90. The van der Waals surface area contributed by atoms with Gasteiger partial charge in [-0.2, -0.15) is 0 Å². The summed E-state index contributed by atoms with van der Waals surface area (Å²) >= 11 is 5.74. The fourth-order valence-electron chi connectivity index (χ4n) is 1.80. The number of amides is 2. The van der Waals surface area contributed by atoms with Crippen LogP contribution in [-0.2, 0) is 0 Å². The lowest BCUT2D eigenvalue weighted by Gasteiger charge is -2.11. The summed E-state index contributed by atoms with van der Waals surface area (Å²) in [5.41, 5.74) is 3.99. The number of hydrazine groups is 1. The van der Waals surface area contributed by atoms with Crippen LogP contribution in [0.25, 0.3) is 0 Å². The smallest absolute Gasteiger partial charge is 0.273 e. The Morgan fingerprint density at radius 1 is 1.09 bits per heavy atom. The molecule has 0 aromatic heterocycles. The lowest BCUT2D eigenvalue weighted by Crippen LogP contribution is -2.41. The molecule has 0 aliphatic heterocycles. The summed E-state index contributed by atoms with van der Waals surface area (Å²) in [6.07, 6.45) is 0. The van der Waals surface area contributed by atoms with Crippen LogP contribution < -0.4 is 15.6 Å². The zero-order valence-electron chi connectivity index (χ0n) is 11.9. The van der Waals surface area contributed by atoms with Crippen molar-refractivity contribution < 1.29 is 23.8 Å². The zero-order valence-corrected chi connectivity index (χ0v) is 12.6. The highest BCUT2D eigenvalue weighted by Crippen LogP contribution is 2.21. The van der Waals surface area contributed by atoms with Crippen molar-refractivity contribution in [2.24, 2.45) is 0 Å². The van der Waals surface area contributed by atoms with Crippen LogP contribution in [0, 0.1) is 5.82 Å². The summed E-state index contributed by atoms with van der Waals surface area (Å²) in [4.78, 5) is 23.9. The van der Waals surface area contributed by atoms with E-state index in [9.17, 15) is 19.1 Å². The molecule has 0 spiro atoms. The number of benzene rings is 2. The van der Waals surface area contributed by atoms with Crippen molar-refractivity contribution in [1.82, 2.24) is 10.9 Å². The Morgan fingerprint density at radius 2 is 1.74 bits per heavy atom. The van der Waals surface area contributed by atoms with Gasteiger partial charge < -0.3 is 9.84 Å². The van der Waals surface area contributed by atoms with E-state index in [2.05, 4.69) is 10.9 Å². The standard InChI is InChI=1S/C15H12ClFN2O4/c1-23-13-5-3-9(17)7-11(13)15(22)19-18-14(21)10-6-8(16)2-4-12(10)20/h2-7,20H,1H3,(H,18,21)(H,19,22). The van der Waals surface area contributed by atoms with Gasteiger partial charge in [0, 0.05) is 5.02 Å². The number of aromatic hydroxyl groups is 1. The van der Waals surface area contributed by atoms with Crippen molar-refractivity contribution >= 4 is 23.4 Å². The van der Waals surface area contributed by atoms with Crippen LogP contribution in [0.2, 0.25) is 5.02 Å². The Labute approximate surface area is 135 Å². The molecule has 0 aliphatic carbocycles. The second-order valence-electron chi connectivity index (χ2n) is 4.41. The highest BCUT2D eigenvalue weighted by atomic mass is 35.5. The van der Waals surface area contributed by atoms with Crippen molar-refractivity contribution in [3.63, 3.8) is 0 Å². The molecule has 0 saturated heterocycles. The number of halogens is 2. The maximum atomic E-state index is 13.2. The van der Waals surface area contributed by atoms with Crippen LogP contribution in [0.4, 0.5) is 4.39 Å². The van der Waals surface area contributed by atoms with Gasteiger partial charge in [0.1, 0.15) is 17.3 Å². The van der Waals surface area contributed by atoms with Crippen LogP contribution in [0.15, 0.2) is 36.4 Å².